The third kappa shape index (κ3) is 2.54. The first-order valence-corrected chi connectivity index (χ1v) is 5.87. The van der Waals surface area contributed by atoms with Gasteiger partial charge in [-0.1, -0.05) is 6.92 Å². The second-order valence-electron chi connectivity index (χ2n) is 4.16. The van der Waals surface area contributed by atoms with Gasteiger partial charge in [0.25, 0.3) is 0 Å². The lowest BCUT2D eigenvalue weighted by atomic mass is 10.0. The van der Waals surface area contributed by atoms with E-state index in [0.29, 0.717) is 12.0 Å². The number of hydrogen-bond acceptors (Lipinski definition) is 4. The maximum absolute atomic E-state index is 11.8. The van der Waals surface area contributed by atoms with Crippen LogP contribution in [-0.4, -0.2) is 16.9 Å². The standard InChI is InChI=1S/C14H12O5/c1-2-3-10(15)8-4-5-12-9(6-8)11(16)7-13(19-12)14(17)18/h4-7H,2-3H2,1H3,(H,17,18). The van der Waals surface area contributed by atoms with Gasteiger partial charge in [-0.3, -0.25) is 9.59 Å². The molecule has 2 aromatic rings. The van der Waals surface area contributed by atoms with Gasteiger partial charge in [-0.25, -0.2) is 4.79 Å². The van der Waals surface area contributed by atoms with Crippen molar-refractivity contribution in [2.24, 2.45) is 0 Å². The fraction of sp³-hybridized carbons (Fsp3) is 0.214. The molecule has 0 aliphatic rings. The minimum absolute atomic E-state index is 0.0499. The molecule has 1 N–H and O–H groups in total. The van der Waals surface area contributed by atoms with E-state index in [-0.39, 0.29) is 16.8 Å². The molecule has 0 saturated heterocycles. The number of Topliss-reactive ketones (excluding diaryl/α,β-unsaturated/α-hetero) is 1. The summed E-state index contributed by atoms with van der Waals surface area (Å²) in [5.41, 5.74) is 0.132. The molecular weight excluding hydrogens is 248 g/mol. The molecule has 0 aliphatic carbocycles. The summed E-state index contributed by atoms with van der Waals surface area (Å²) in [5, 5.41) is 9.01. The van der Waals surface area contributed by atoms with Gasteiger partial charge in [-0.15, -0.1) is 0 Å². The summed E-state index contributed by atoms with van der Waals surface area (Å²) in [4.78, 5) is 34.3. The zero-order valence-corrected chi connectivity index (χ0v) is 10.3. The van der Waals surface area contributed by atoms with Crippen LogP contribution in [0.15, 0.2) is 33.5 Å². The van der Waals surface area contributed by atoms with Crippen molar-refractivity contribution in [3.8, 4) is 0 Å². The summed E-state index contributed by atoms with van der Waals surface area (Å²) >= 11 is 0. The maximum atomic E-state index is 11.8. The average molecular weight is 260 g/mol. The lowest BCUT2D eigenvalue weighted by Gasteiger charge is -2.02. The van der Waals surface area contributed by atoms with Gasteiger partial charge in [-0.05, 0) is 24.6 Å². The Hall–Kier alpha value is -2.43. The van der Waals surface area contributed by atoms with Crippen LogP contribution in [0.3, 0.4) is 0 Å². The molecule has 0 aliphatic heterocycles. The molecule has 19 heavy (non-hydrogen) atoms. The fourth-order valence-corrected chi connectivity index (χ4v) is 1.81. The van der Waals surface area contributed by atoms with Crippen molar-refractivity contribution >= 4 is 22.7 Å². The van der Waals surface area contributed by atoms with Gasteiger partial charge in [0.1, 0.15) is 5.58 Å². The molecular formula is C14H12O5. The van der Waals surface area contributed by atoms with Gasteiger partial charge in [0, 0.05) is 18.1 Å². The molecule has 0 fully saturated rings. The molecule has 0 bridgehead atoms. The third-order valence-corrected chi connectivity index (χ3v) is 2.74. The predicted molar refractivity (Wildman–Crippen MR) is 68.7 cm³/mol. The van der Waals surface area contributed by atoms with Crippen molar-refractivity contribution in [3.63, 3.8) is 0 Å². The Kier molecular flexibility index (Phi) is 3.46. The monoisotopic (exact) mass is 260 g/mol. The number of hydrogen-bond donors (Lipinski definition) is 1. The highest BCUT2D eigenvalue weighted by Gasteiger charge is 2.12. The van der Waals surface area contributed by atoms with E-state index >= 15 is 0 Å². The van der Waals surface area contributed by atoms with Gasteiger partial charge >= 0.3 is 5.97 Å². The van der Waals surface area contributed by atoms with Crippen LogP contribution >= 0.6 is 0 Å². The zero-order chi connectivity index (χ0) is 14.0. The first-order chi connectivity index (χ1) is 9.02. The van der Waals surface area contributed by atoms with Gasteiger partial charge in [-0.2, -0.15) is 0 Å². The second kappa shape index (κ2) is 5.06. The molecule has 98 valence electrons. The van der Waals surface area contributed by atoms with Crippen molar-refractivity contribution in [1.82, 2.24) is 0 Å². The van der Waals surface area contributed by atoms with Crippen LogP contribution < -0.4 is 5.43 Å². The third-order valence-electron chi connectivity index (χ3n) is 2.74. The first-order valence-electron chi connectivity index (χ1n) is 5.87. The summed E-state index contributed by atoms with van der Waals surface area (Å²) in [7, 11) is 0. The van der Waals surface area contributed by atoms with Crippen LogP contribution in [0.1, 0.15) is 40.7 Å². The molecule has 0 saturated carbocycles. The number of carbonyl (C=O) groups is 2. The van der Waals surface area contributed by atoms with Crippen molar-refractivity contribution in [1.29, 1.82) is 0 Å². The summed E-state index contributed by atoms with van der Waals surface area (Å²) in [6.45, 7) is 1.90. The van der Waals surface area contributed by atoms with Gasteiger partial charge in [0.05, 0.1) is 5.39 Å². The Labute approximate surface area is 108 Å². The van der Waals surface area contributed by atoms with E-state index in [1.54, 1.807) is 0 Å². The SMILES string of the molecule is CCCC(=O)c1ccc2oc(C(=O)O)cc(=O)c2c1. The highest BCUT2D eigenvalue weighted by Crippen LogP contribution is 2.16. The van der Waals surface area contributed by atoms with Crippen LogP contribution in [0.25, 0.3) is 11.0 Å². The largest absolute Gasteiger partial charge is 0.475 e. The molecule has 5 heteroatoms. The smallest absolute Gasteiger partial charge is 0.371 e. The van der Waals surface area contributed by atoms with Gasteiger partial charge < -0.3 is 9.52 Å². The van der Waals surface area contributed by atoms with Crippen LogP contribution in [0.5, 0.6) is 0 Å². The van der Waals surface area contributed by atoms with Crippen molar-refractivity contribution in [2.45, 2.75) is 19.8 Å². The summed E-state index contributed by atoms with van der Waals surface area (Å²) in [6.07, 6.45) is 1.13. The Bertz CT molecular complexity index is 711. The fourth-order valence-electron chi connectivity index (χ4n) is 1.81. The summed E-state index contributed by atoms with van der Waals surface area (Å²) < 4.78 is 5.09. The second-order valence-corrected chi connectivity index (χ2v) is 4.16. The molecule has 5 nitrogen and oxygen atoms in total. The number of carboxylic acid groups (broad SMARTS) is 1. The maximum Gasteiger partial charge on any atom is 0.371 e. The van der Waals surface area contributed by atoms with E-state index in [0.717, 1.165) is 12.5 Å². The molecule has 0 atom stereocenters. The van der Waals surface area contributed by atoms with Crippen LogP contribution in [-0.2, 0) is 0 Å². The van der Waals surface area contributed by atoms with Crippen molar-refractivity contribution in [2.75, 3.05) is 0 Å². The van der Waals surface area contributed by atoms with Crippen LogP contribution in [0.2, 0.25) is 0 Å². The lowest BCUT2D eigenvalue weighted by molar-refractivity contribution is 0.0662. The van der Waals surface area contributed by atoms with E-state index in [1.807, 2.05) is 6.92 Å². The molecule has 1 heterocycles. The minimum atomic E-state index is -1.30. The predicted octanol–water partition coefficient (Wildman–Crippen LogP) is 2.47. The van der Waals surface area contributed by atoms with Gasteiger partial charge in [0.15, 0.2) is 11.2 Å². The zero-order valence-electron chi connectivity index (χ0n) is 10.3. The number of fused-ring (bicyclic) bond motifs is 1. The van der Waals surface area contributed by atoms with E-state index in [2.05, 4.69) is 0 Å². The van der Waals surface area contributed by atoms with E-state index in [1.165, 1.54) is 18.2 Å². The van der Waals surface area contributed by atoms with Crippen LogP contribution in [0.4, 0.5) is 0 Å². The molecule has 0 amide bonds. The van der Waals surface area contributed by atoms with Gasteiger partial charge in [0.2, 0.25) is 5.76 Å². The molecule has 0 spiro atoms. The normalized spacial score (nSPS) is 10.6. The number of rotatable bonds is 4. The number of carboxylic acids is 1. The number of carbonyl (C=O) groups excluding carboxylic acids is 1. The minimum Gasteiger partial charge on any atom is -0.475 e. The topological polar surface area (TPSA) is 84.6 Å². The Balaban J connectivity index is 2.59. The lowest BCUT2D eigenvalue weighted by Crippen LogP contribution is -2.07. The first kappa shape index (κ1) is 13.0. The highest BCUT2D eigenvalue weighted by atomic mass is 16.4. The van der Waals surface area contributed by atoms with Crippen molar-refractivity contribution < 1.29 is 19.1 Å². The highest BCUT2D eigenvalue weighted by molar-refractivity contribution is 5.99. The molecule has 1 aromatic carbocycles. The van der Waals surface area contributed by atoms with Crippen molar-refractivity contribution in [3.05, 3.63) is 45.8 Å². The average Bonchev–Trinajstić information content (AvgIpc) is 2.38. The number of ketones is 1. The summed E-state index contributed by atoms with van der Waals surface area (Å²) in [6, 6.07) is 5.35. The molecule has 1 aromatic heterocycles. The van der Waals surface area contributed by atoms with E-state index < -0.39 is 17.2 Å². The Morgan fingerprint density at radius 1 is 1.26 bits per heavy atom. The Morgan fingerprint density at radius 3 is 2.63 bits per heavy atom. The van der Waals surface area contributed by atoms with Crippen LogP contribution in [0, 0.1) is 0 Å². The molecule has 0 unspecified atom stereocenters. The number of aromatic carboxylic acids is 1. The summed E-state index contributed by atoms with van der Waals surface area (Å²) in [5.74, 6) is -1.76. The van der Waals surface area contributed by atoms with E-state index in [4.69, 9.17) is 9.52 Å². The molecule has 0 radical (unpaired) electrons. The Morgan fingerprint density at radius 2 is 2.00 bits per heavy atom. The van der Waals surface area contributed by atoms with E-state index in [9.17, 15) is 14.4 Å². The number of benzene rings is 1. The quantitative estimate of drug-likeness (QED) is 0.853. The molecule has 2 rings (SSSR count).